The maximum Gasteiger partial charge on any atom is 0.340 e. The van der Waals surface area contributed by atoms with Crippen LogP contribution in [0.3, 0.4) is 0 Å². The van der Waals surface area contributed by atoms with Crippen molar-refractivity contribution in [2.45, 2.75) is 26.4 Å². The van der Waals surface area contributed by atoms with E-state index in [0.29, 0.717) is 11.3 Å². The Balaban J connectivity index is 1.92. The molecule has 0 saturated heterocycles. The van der Waals surface area contributed by atoms with E-state index in [0.717, 1.165) is 11.1 Å². The third-order valence-electron chi connectivity index (χ3n) is 4.31. The smallest absolute Gasteiger partial charge is 0.340 e. The van der Waals surface area contributed by atoms with E-state index in [1.54, 1.807) is 87.5 Å². The summed E-state index contributed by atoms with van der Waals surface area (Å²) >= 11 is 0. The predicted molar refractivity (Wildman–Crippen MR) is 123 cm³/mol. The molecule has 3 rings (SSSR count). The second-order valence-corrected chi connectivity index (χ2v) is 8.05. The van der Waals surface area contributed by atoms with E-state index in [9.17, 15) is 14.7 Å². The number of phenols is 1. The molecule has 0 aliphatic carbocycles. The van der Waals surface area contributed by atoms with Gasteiger partial charge >= 0.3 is 5.97 Å². The van der Waals surface area contributed by atoms with Crippen LogP contribution in [0.2, 0.25) is 0 Å². The van der Waals surface area contributed by atoms with Gasteiger partial charge in [-0.1, -0.05) is 48.6 Å². The molecule has 158 valence electrons. The SMILES string of the molecule is CC(C)(C)OC(=O)c1ccc(/C=C/c2ccc(O)cc2)cc1NC(=O)c1ccccc1. The molecule has 0 saturated carbocycles. The van der Waals surface area contributed by atoms with Crippen LogP contribution in [0.1, 0.15) is 52.6 Å². The van der Waals surface area contributed by atoms with Crippen LogP contribution in [-0.4, -0.2) is 22.6 Å². The molecule has 5 heteroatoms. The highest BCUT2D eigenvalue weighted by Crippen LogP contribution is 2.24. The van der Waals surface area contributed by atoms with Gasteiger partial charge in [-0.25, -0.2) is 4.79 Å². The number of benzene rings is 3. The highest BCUT2D eigenvalue weighted by atomic mass is 16.6. The van der Waals surface area contributed by atoms with Crippen molar-refractivity contribution in [2.75, 3.05) is 5.32 Å². The number of anilines is 1. The number of rotatable bonds is 5. The zero-order chi connectivity index (χ0) is 22.4. The van der Waals surface area contributed by atoms with E-state index in [1.165, 1.54) is 0 Å². The van der Waals surface area contributed by atoms with E-state index < -0.39 is 11.6 Å². The minimum absolute atomic E-state index is 0.199. The van der Waals surface area contributed by atoms with Gasteiger partial charge in [-0.3, -0.25) is 4.79 Å². The summed E-state index contributed by atoms with van der Waals surface area (Å²) in [5, 5.41) is 12.2. The van der Waals surface area contributed by atoms with Crippen molar-refractivity contribution >= 4 is 29.7 Å². The van der Waals surface area contributed by atoms with Gasteiger partial charge in [0.2, 0.25) is 0 Å². The molecule has 3 aromatic rings. The van der Waals surface area contributed by atoms with E-state index in [-0.39, 0.29) is 17.2 Å². The van der Waals surface area contributed by atoms with Gasteiger partial charge in [0.05, 0.1) is 11.3 Å². The number of carbonyl (C=O) groups is 2. The zero-order valence-electron chi connectivity index (χ0n) is 17.8. The Morgan fingerprint density at radius 2 is 1.48 bits per heavy atom. The van der Waals surface area contributed by atoms with Gasteiger partial charge in [-0.2, -0.15) is 0 Å². The summed E-state index contributed by atoms with van der Waals surface area (Å²) in [5.74, 6) is -0.625. The third-order valence-corrected chi connectivity index (χ3v) is 4.31. The fraction of sp³-hybridized carbons (Fsp3) is 0.154. The number of phenolic OH excluding ortho intramolecular Hbond substituents is 1. The van der Waals surface area contributed by atoms with Crippen LogP contribution in [-0.2, 0) is 4.74 Å². The number of hydrogen-bond donors (Lipinski definition) is 2. The number of amides is 1. The van der Waals surface area contributed by atoms with Gasteiger partial charge in [0, 0.05) is 5.56 Å². The minimum atomic E-state index is -0.658. The lowest BCUT2D eigenvalue weighted by Crippen LogP contribution is -2.25. The largest absolute Gasteiger partial charge is 0.508 e. The maximum atomic E-state index is 12.7. The molecular formula is C26H25NO4. The number of hydrogen-bond acceptors (Lipinski definition) is 4. The lowest BCUT2D eigenvalue weighted by Gasteiger charge is -2.21. The first-order valence-electron chi connectivity index (χ1n) is 9.92. The quantitative estimate of drug-likeness (QED) is 0.410. The molecule has 0 aliphatic rings. The van der Waals surface area contributed by atoms with Crippen molar-refractivity contribution in [3.8, 4) is 5.75 Å². The van der Waals surface area contributed by atoms with Crippen LogP contribution in [0, 0.1) is 0 Å². The van der Waals surface area contributed by atoms with Crippen molar-refractivity contribution < 1.29 is 19.4 Å². The van der Waals surface area contributed by atoms with E-state index in [1.807, 2.05) is 18.2 Å². The van der Waals surface area contributed by atoms with Crippen LogP contribution in [0.15, 0.2) is 72.8 Å². The molecule has 2 N–H and O–H groups in total. The first-order valence-corrected chi connectivity index (χ1v) is 9.92. The summed E-state index contributed by atoms with van der Waals surface area (Å²) in [6.07, 6.45) is 3.74. The van der Waals surface area contributed by atoms with Crippen molar-refractivity contribution in [1.29, 1.82) is 0 Å². The Labute approximate surface area is 182 Å². The topological polar surface area (TPSA) is 75.6 Å². The maximum absolute atomic E-state index is 12.7. The van der Waals surface area contributed by atoms with Crippen LogP contribution in [0.5, 0.6) is 5.75 Å². The Bertz CT molecular complexity index is 1090. The molecule has 0 heterocycles. The number of ether oxygens (including phenoxy) is 1. The van der Waals surface area contributed by atoms with Gasteiger partial charge in [0.25, 0.3) is 5.91 Å². The molecular weight excluding hydrogens is 390 g/mol. The second kappa shape index (κ2) is 9.30. The molecule has 31 heavy (non-hydrogen) atoms. The second-order valence-electron chi connectivity index (χ2n) is 8.05. The van der Waals surface area contributed by atoms with Crippen molar-refractivity contribution in [3.63, 3.8) is 0 Å². The fourth-order valence-electron chi connectivity index (χ4n) is 2.84. The molecule has 0 aromatic heterocycles. The summed E-state index contributed by atoms with van der Waals surface area (Å²) in [7, 11) is 0. The summed E-state index contributed by atoms with van der Waals surface area (Å²) < 4.78 is 5.50. The molecule has 0 atom stereocenters. The Hall–Kier alpha value is -3.86. The molecule has 0 bridgehead atoms. The van der Waals surface area contributed by atoms with Gasteiger partial charge in [0.15, 0.2) is 0 Å². The molecule has 1 amide bonds. The zero-order valence-corrected chi connectivity index (χ0v) is 17.8. The van der Waals surface area contributed by atoms with Gasteiger partial charge in [0.1, 0.15) is 11.4 Å². The molecule has 0 fully saturated rings. The minimum Gasteiger partial charge on any atom is -0.508 e. The van der Waals surface area contributed by atoms with Crippen molar-refractivity contribution in [1.82, 2.24) is 0 Å². The highest BCUT2D eigenvalue weighted by molar-refractivity contribution is 6.08. The van der Waals surface area contributed by atoms with Crippen molar-refractivity contribution in [2.24, 2.45) is 0 Å². The average Bonchev–Trinajstić information content (AvgIpc) is 2.73. The summed E-state index contributed by atoms with van der Waals surface area (Å²) in [5.41, 5.74) is 2.18. The first-order chi connectivity index (χ1) is 14.7. The number of carbonyl (C=O) groups excluding carboxylic acids is 2. The Kier molecular flexibility index (Phi) is 6.55. The lowest BCUT2D eigenvalue weighted by atomic mass is 10.1. The van der Waals surface area contributed by atoms with Gasteiger partial charge < -0.3 is 15.2 Å². The first kappa shape index (κ1) is 21.8. The number of aromatic hydroxyl groups is 1. The lowest BCUT2D eigenvalue weighted by molar-refractivity contribution is 0.00707. The van der Waals surface area contributed by atoms with Crippen molar-refractivity contribution in [3.05, 3.63) is 95.1 Å². The summed E-state index contributed by atoms with van der Waals surface area (Å²) in [6, 6.07) is 20.8. The Morgan fingerprint density at radius 3 is 2.13 bits per heavy atom. The molecule has 0 radical (unpaired) electrons. The third kappa shape index (κ3) is 6.31. The molecule has 3 aromatic carbocycles. The average molecular weight is 415 g/mol. The predicted octanol–water partition coefficient (Wildman–Crippen LogP) is 5.77. The molecule has 0 spiro atoms. The van der Waals surface area contributed by atoms with Gasteiger partial charge in [-0.05, 0) is 68.3 Å². The standard InChI is InChI=1S/C26H25NO4/c1-26(2,3)31-25(30)22-16-13-19(10-9-18-11-14-21(28)15-12-18)17-23(22)27-24(29)20-7-5-4-6-8-20/h4-17,28H,1-3H3,(H,27,29)/b10-9+. The molecule has 0 aliphatic heterocycles. The molecule has 0 unspecified atom stereocenters. The van der Waals surface area contributed by atoms with Crippen LogP contribution < -0.4 is 5.32 Å². The highest BCUT2D eigenvalue weighted by Gasteiger charge is 2.21. The summed E-state index contributed by atoms with van der Waals surface area (Å²) in [4.78, 5) is 25.4. The Morgan fingerprint density at radius 1 is 0.871 bits per heavy atom. The van der Waals surface area contributed by atoms with Crippen LogP contribution >= 0.6 is 0 Å². The number of esters is 1. The summed E-state index contributed by atoms with van der Waals surface area (Å²) in [6.45, 7) is 5.38. The normalized spacial score (nSPS) is 11.3. The van der Waals surface area contributed by atoms with E-state index >= 15 is 0 Å². The molecule has 5 nitrogen and oxygen atoms in total. The van der Waals surface area contributed by atoms with Gasteiger partial charge in [-0.15, -0.1) is 0 Å². The van der Waals surface area contributed by atoms with Crippen LogP contribution in [0.25, 0.3) is 12.2 Å². The number of nitrogens with one attached hydrogen (secondary N) is 1. The van der Waals surface area contributed by atoms with Crippen LogP contribution in [0.4, 0.5) is 5.69 Å². The van der Waals surface area contributed by atoms with E-state index in [2.05, 4.69) is 5.32 Å². The monoisotopic (exact) mass is 415 g/mol. The van der Waals surface area contributed by atoms with E-state index in [4.69, 9.17) is 4.74 Å². The fourth-order valence-corrected chi connectivity index (χ4v) is 2.84.